The van der Waals surface area contributed by atoms with Crippen LogP contribution in [0.2, 0.25) is 0 Å². The molecule has 0 aliphatic carbocycles. The molecule has 0 amide bonds. The Bertz CT molecular complexity index is 510. The lowest BCUT2D eigenvalue weighted by molar-refractivity contribution is -0.141. The van der Waals surface area contributed by atoms with Gasteiger partial charge >= 0.3 is 5.97 Å². The van der Waals surface area contributed by atoms with Crippen molar-refractivity contribution in [1.29, 1.82) is 0 Å². The van der Waals surface area contributed by atoms with E-state index in [0.29, 0.717) is 0 Å². The fraction of sp³-hybridized carbons (Fsp3) is 0.900. The second-order valence-electron chi connectivity index (χ2n) is 4.82. The molecule has 1 aliphatic rings. The van der Waals surface area contributed by atoms with E-state index in [9.17, 15) is 21.6 Å². The first-order valence-corrected chi connectivity index (χ1v) is 9.42. The molecule has 7 nitrogen and oxygen atoms in total. The van der Waals surface area contributed by atoms with Gasteiger partial charge in [0.15, 0.2) is 0 Å². The van der Waals surface area contributed by atoms with Gasteiger partial charge in [-0.15, -0.1) is 0 Å². The van der Waals surface area contributed by atoms with Crippen molar-refractivity contribution in [2.75, 3.05) is 18.1 Å². The predicted molar refractivity (Wildman–Crippen MR) is 70.0 cm³/mol. The fourth-order valence-corrected chi connectivity index (χ4v) is 5.12. The minimum atomic E-state index is -3.56. The Labute approximate surface area is 113 Å². The van der Waals surface area contributed by atoms with Crippen molar-refractivity contribution >= 4 is 25.8 Å². The van der Waals surface area contributed by atoms with Crippen LogP contribution in [-0.4, -0.2) is 51.2 Å². The normalized spacial score (nSPS) is 21.9. The van der Waals surface area contributed by atoms with Crippen LogP contribution in [0.5, 0.6) is 0 Å². The van der Waals surface area contributed by atoms with Gasteiger partial charge in [-0.3, -0.25) is 4.79 Å². The van der Waals surface area contributed by atoms with Gasteiger partial charge < -0.3 is 5.11 Å². The van der Waals surface area contributed by atoms with E-state index in [4.69, 9.17) is 5.11 Å². The molecule has 19 heavy (non-hydrogen) atoms. The molecule has 0 saturated carbocycles. The third-order valence-corrected chi connectivity index (χ3v) is 6.91. The summed E-state index contributed by atoms with van der Waals surface area (Å²) in [6.45, 7) is 1.56. The van der Waals surface area contributed by atoms with Crippen molar-refractivity contribution < 1.29 is 26.7 Å². The second-order valence-corrected chi connectivity index (χ2v) is 9.17. The first kappa shape index (κ1) is 16.4. The topological polar surface area (TPSA) is 118 Å². The lowest BCUT2D eigenvalue weighted by Crippen LogP contribution is -2.40. The Hall–Kier alpha value is -0.670. The number of carboxylic acids is 1. The molecule has 2 N–H and O–H groups in total. The molecule has 9 heteroatoms. The number of hydrogen-bond donors (Lipinski definition) is 2. The fourth-order valence-electron chi connectivity index (χ4n) is 1.84. The van der Waals surface area contributed by atoms with Gasteiger partial charge in [-0.2, -0.15) is 0 Å². The molecule has 112 valence electrons. The number of rotatable bonds is 6. The molecule has 0 aromatic rings. The number of carboxylic acid groups (broad SMARTS) is 1. The summed E-state index contributed by atoms with van der Waals surface area (Å²) in [7, 11) is -6.65. The molecule has 0 spiro atoms. The van der Waals surface area contributed by atoms with Crippen LogP contribution in [-0.2, 0) is 24.7 Å². The molecule has 0 bridgehead atoms. The van der Waals surface area contributed by atoms with Crippen molar-refractivity contribution in [2.45, 2.75) is 31.4 Å². The lowest BCUT2D eigenvalue weighted by atomic mass is 10.1. The molecule has 1 heterocycles. The largest absolute Gasteiger partial charge is 0.481 e. The van der Waals surface area contributed by atoms with Crippen LogP contribution in [0.15, 0.2) is 0 Å². The first-order valence-electron chi connectivity index (χ1n) is 6.06. The zero-order valence-electron chi connectivity index (χ0n) is 10.7. The quantitative estimate of drug-likeness (QED) is 0.688. The van der Waals surface area contributed by atoms with Crippen LogP contribution >= 0.6 is 0 Å². The first-order chi connectivity index (χ1) is 8.64. The highest BCUT2D eigenvalue weighted by molar-refractivity contribution is 7.92. The summed E-state index contributed by atoms with van der Waals surface area (Å²) in [5, 5.41) is 7.98. The molecule has 1 aliphatic heterocycles. The Balaban J connectivity index is 2.47. The van der Waals surface area contributed by atoms with Crippen LogP contribution in [0.25, 0.3) is 0 Å². The molecule has 0 radical (unpaired) electrons. The highest BCUT2D eigenvalue weighted by Crippen LogP contribution is 2.18. The molecule has 1 atom stereocenters. The van der Waals surface area contributed by atoms with Crippen LogP contribution in [0.4, 0.5) is 0 Å². The van der Waals surface area contributed by atoms with Gasteiger partial charge in [-0.25, -0.2) is 21.6 Å². The summed E-state index contributed by atoms with van der Waals surface area (Å²) in [5.41, 5.74) is 0. The summed E-state index contributed by atoms with van der Waals surface area (Å²) < 4.78 is 48.6. The van der Waals surface area contributed by atoms with E-state index in [1.54, 1.807) is 0 Å². The predicted octanol–water partition coefficient (Wildman–Crippen LogP) is -0.406. The number of carbonyl (C=O) groups is 1. The van der Waals surface area contributed by atoms with Crippen molar-refractivity contribution in [3.63, 3.8) is 0 Å². The molecule has 1 saturated heterocycles. The monoisotopic (exact) mass is 313 g/mol. The minimum absolute atomic E-state index is 0.0546. The van der Waals surface area contributed by atoms with E-state index in [2.05, 4.69) is 4.72 Å². The third-order valence-electron chi connectivity index (χ3n) is 3.24. The van der Waals surface area contributed by atoms with Crippen molar-refractivity contribution in [3.05, 3.63) is 0 Å². The molecule has 0 aromatic heterocycles. The average Bonchev–Trinajstić information content (AvgIpc) is 2.27. The standard InChI is InChI=1S/C10H19NO6S2/c1-8(10(12)13)2-5-11-19(16,17)9-3-6-18(14,15)7-4-9/h8-9,11H,2-7H2,1H3,(H,12,13). The molecular formula is C10H19NO6S2. The zero-order chi connectivity index (χ0) is 14.7. The van der Waals surface area contributed by atoms with E-state index in [-0.39, 0.29) is 37.3 Å². The van der Waals surface area contributed by atoms with Gasteiger partial charge in [0.05, 0.1) is 22.7 Å². The van der Waals surface area contributed by atoms with Crippen LogP contribution in [0.1, 0.15) is 26.2 Å². The Morgan fingerprint density at radius 2 is 1.89 bits per heavy atom. The number of aliphatic carboxylic acids is 1. The van der Waals surface area contributed by atoms with Crippen LogP contribution < -0.4 is 4.72 Å². The van der Waals surface area contributed by atoms with Gasteiger partial charge in [0.25, 0.3) is 0 Å². The Morgan fingerprint density at radius 1 is 1.37 bits per heavy atom. The summed E-state index contributed by atoms with van der Waals surface area (Å²) in [6.07, 6.45) is 0.415. The zero-order valence-corrected chi connectivity index (χ0v) is 12.3. The third kappa shape index (κ3) is 5.07. The lowest BCUT2D eigenvalue weighted by Gasteiger charge is -2.22. The highest BCUT2D eigenvalue weighted by atomic mass is 32.2. The Kier molecular flexibility index (Phi) is 5.34. The maximum atomic E-state index is 11.9. The highest BCUT2D eigenvalue weighted by Gasteiger charge is 2.32. The molecule has 1 fully saturated rings. The van der Waals surface area contributed by atoms with Gasteiger partial charge in [-0.05, 0) is 19.3 Å². The number of sulfone groups is 1. The average molecular weight is 313 g/mol. The molecule has 1 unspecified atom stereocenters. The number of hydrogen-bond acceptors (Lipinski definition) is 5. The maximum absolute atomic E-state index is 11.9. The van der Waals surface area contributed by atoms with E-state index in [1.807, 2.05) is 0 Å². The van der Waals surface area contributed by atoms with Gasteiger partial charge in [0, 0.05) is 6.54 Å². The van der Waals surface area contributed by atoms with Crippen molar-refractivity contribution in [2.24, 2.45) is 5.92 Å². The smallest absolute Gasteiger partial charge is 0.306 e. The minimum Gasteiger partial charge on any atom is -0.481 e. The van der Waals surface area contributed by atoms with Crippen LogP contribution in [0.3, 0.4) is 0 Å². The summed E-state index contributed by atoms with van der Waals surface area (Å²) in [4.78, 5) is 10.6. The summed E-state index contributed by atoms with van der Waals surface area (Å²) in [6, 6.07) is 0. The number of nitrogens with one attached hydrogen (secondary N) is 1. The summed E-state index contributed by atoms with van der Waals surface area (Å²) >= 11 is 0. The summed E-state index contributed by atoms with van der Waals surface area (Å²) in [5.74, 6) is -1.80. The number of sulfonamides is 1. The second kappa shape index (κ2) is 6.19. The molecular weight excluding hydrogens is 294 g/mol. The Morgan fingerprint density at radius 3 is 2.37 bits per heavy atom. The van der Waals surface area contributed by atoms with Gasteiger partial charge in [0.2, 0.25) is 10.0 Å². The van der Waals surface area contributed by atoms with E-state index >= 15 is 0 Å². The van der Waals surface area contributed by atoms with Crippen LogP contribution in [0, 0.1) is 5.92 Å². The molecule has 0 aromatic carbocycles. The van der Waals surface area contributed by atoms with E-state index < -0.39 is 37.0 Å². The van der Waals surface area contributed by atoms with E-state index in [1.165, 1.54) is 6.92 Å². The maximum Gasteiger partial charge on any atom is 0.306 e. The van der Waals surface area contributed by atoms with E-state index in [0.717, 1.165) is 0 Å². The van der Waals surface area contributed by atoms with Gasteiger partial charge in [-0.1, -0.05) is 6.92 Å². The SMILES string of the molecule is CC(CCNS(=O)(=O)C1CCS(=O)(=O)CC1)C(=O)O. The van der Waals surface area contributed by atoms with Gasteiger partial charge in [0.1, 0.15) is 9.84 Å². The van der Waals surface area contributed by atoms with Crippen molar-refractivity contribution in [3.8, 4) is 0 Å². The molecule has 1 rings (SSSR count). The van der Waals surface area contributed by atoms with Crippen molar-refractivity contribution in [1.82, 2.24) is 4.72 Å².